The maximum absolute atomic E-state index is 13.6. The van der Waals surface area contributed by atoms with Gasteiger partial charge in [-0.3, -0.25) is 14.5 Å². The highest BCUT2D eigenvalue weighted by Crippen LogP contribution is 2.20. The maximum Gasteiger partial charge on any atom is 0.256 e. The quantitative estimate of drug-likeness (QED) is 0.455. The lowest BCUT2D eigenvalue weighted by molar-refractivity contribution is -0.113. The molecule has 1 aromatic heterocycles. The summed E-state index contributed by atoms with van der Waals surface area (Å²) in [5.41, 5.74) is 3.44. The molecule has 8 heteroatoms. The first-order chi connectivity index (χ1) is 15.0. The number of nitrogens with one attached hydrogen (secondary N) is 2. The lowest BCUT2D eigenvalue weighted by Gasteiger charge is -2.27. The van der Waals surface area contributed by atoms with Gasteiger partial charge in [-0.2, -0.15) is 0 Å². The smallest absolute Gasteiger partial charge is 0.256 e. The number of amides is 1. The van der Waals surface area contributed by atoms with Gasteiger partial charge in [-0.1, -0.05) is 48.2 Å². The maximum atomic E-state index is 13.6. The summed E-state index contributed by atoms with van der Waals surface area (Å²) in [7, 11) is 0. The molecule has 0 atom stereocenters. The van der Waals surface area contributed by atoms with E-state index in [4.69, 9.17) is 0 Å². The van der Waals surface area contributed by atoms with Gasteiger partial charge in [0, 0.05) is 31.7 Å². The van der Waals surface area contributed by atoms with E-state index in [1.165, 1.54) is 11.6 Å². The SMILES string of the molecule is Cc1ccc(NC(=O)CSc2nc3c(c(=O)[nH]2)CN(Cc2ccccc2)CC3)cc1F. The zero-order valence-corrected chi connectivity index (χ0v) is 18.0. The summed E-state index contributed by atoms with van der Waals surface area (Å²) in [4.78, 5) is 34.4. The number of H-pyrrole nitrogens is 1. The van der Waals surface area contributed by atoms with Crippen molar-refractivity contribution in [2.24, 2.45) is 0 Å². The Morgan fingerprint density at radius 3 is 2.84 bits per heavy atom. The van der Waals surface area contributed by atoms with Crippen LogP contribution in [-0.4, -0.2) is 33.1 Å². The summed E-state index contributed by atoms with van der Waals surface area (Å²) >= 11 is 1.16. The Bertz CT molecular complexity index is 1150. The van der Waals surface area contributed by atoms with Crippen molar-refractivity contribution < 1.29 is 9.18 Å². The molecule has 160 valence electrons. The summed E-state index contributed by atoms with van der Waals surface area (Å²) in [6.07, 6.45) is 0.689. The van der Waals surface area contributed by atoms with Gasteiger partial charge < -0.3 is 10.3 Å². The number of nitrogens with zero attached hydrogens (tertiary/aromatic N) is 2. The highest BCUT2D eigenvalue weighted by Gasteiger charge is 2.21. The first-order valence-corrected chi connectivity index (χ1v) is 11.0. The van der Waals surface area contributed by atoms with E-state index in [0.717, 1.165) is 30.5 Å². The van der Waals surface area contributed by atoms with Crippen molar-refractivity contribution in [3.05, 3.63) is 87.1 Å². The standard InChI is InChI=1S/C23H23FN4O2S/c1-15-7-8-17(11-19(15)24)25-21(29)14-31-23-26-20-9-10-28(13-18(20)22(30)27-23)12-16-5-3-2-4-6-16/h2-8,11H,9-10,12-14H2,1H3,(H,25,29)(H,26,27,30). The molecule has 31 heavy (non-hydrogen) atoms. The van der Waals surface area contributed by atoms with E-state index in [1.807, 2.05) is 18.2 Å². The molecular weight excluding hydrogens is 415 g/mol. The van der Waals surface area contributed by atoms with Gasteiger partial charge >= 0.3 is 0 Å². The van der Waals surface area contributed by atoms with E-state index in [1.54, 1.807) is 19.1 Å². The molecule has 0 fully saturated rings. The lowest BCUT2D eigenvalue weighted by Crippen LogP contribution is -2.35. The highest BCUT2D eigenvalue weighted by molar-refractivity contribution is 7.99. The molecule has 0 unspecified atom stereocenters. The van der Waals surface area contributed by atoms with E-state index in [0.29, 0.717) is 34.9 Å². The van der Waals surface area contributed by atoms with Gasteiger partial charge in [-0.05, 0) is 30.2 Å². The van der Waals surface area contributed by atoms with Crippen LogP contribution < -0.4 is 10.9 Å². The second kappa shape index (κ2) is 9.45. The Kier molecular flexibility index (Phi) is 6.48. The molecule has 0 bridgehead atoms. The minimum Gasteiger partial charge on any atom is -0.325 e. The number of aromatic amines is 1. The second-order valence-electron chi connectivity index (χ2n) is 7.54. The topological polar surface area (TPSA) is 78.1 Å². The Balaban J connectivity index is 1.36. The van der Waals surface area contributed by atoms with Crippen molar-refractivity contribution in [3.63, 3.8) is 0 Å². The molecular formula is C23H23FN4O2S. The van der Waals surface area contributed by atoms with Crippen LogP contribution in [0.15, 0.2) is 58.5 Å². The summed E-state index contributed by atoms with van der Waals surface area (Å²) < 4.78 is 13.6. The van der Waals surface area contributed by atoms with Gasteiger partial charge in [-0.25, -0.2) is 9.37 Å². The molecule has 1 aliphatic heterocycles. The predicted octanol–water partition coefficient (Wildman–Crippen LogP) is 3.51. The van der Waals surface area contributed by atoms with Crippen molar-refractivity contribution in [3.8, 4) is 0 Å². The van der Waals surface area contributed by atoms with E-state index in [9.17, 15) is 14.0 Å². The summed E-state index contributed by atoms with van der Waals surface area (Å²) in [6.45, 7) is 3.82. The summed E-state index contributed by atoms with van der Waals surface area (Å²) in [6, 6.07) is 14.7. The predicted molar refractivity (Wildman–Crippen MR) is 120 cm³/mol. The van der Waals surface area contributed by atoms with Crippen LogP contribution in [0, 0.1) is 12.7 Å². The van der Waals surface area contributed by atoms with E-state index >= 15 is 0 Å². The summed E-state index contributed by atoms with van der Waals surface area (Å²) in [5.74, 6) is -0.590. The Morgan fingerprint density at radius 1 is 1.26 bits per heavy atom. The van der Waals surface area contributed by atoms with Crippen LogP contribution in [0.1, 0.15) is 22.4 Å². The number of halogens is 1. The Labute approximate surface area is 183 Å². The number of thioether (sulfide) groups is 1. The molecule has 0 aliphatic carbocycles. The van der Waals surface area contributed by atoms with Crippen LogP contribution in [0.2, 0.25) is 0 Å². The third-order valence-electron chi connectivity index (χ3n) is 5.17. The number of aryl methyl sites for hydroxylation is 1. The molecule has 2 N–H and O–H groups in total. The number of hydrogen-bond acceptors (Lipinski definition) is 5. The molecule has 0 radical (unpaired) electrons. The molecule has 0 saturated heterocycles. The van der Waals surface area contributed by atoms with Gasteiger partial charge in [0.25, 0.3) is 5.56 Å². The fraction of sp³-hybridized carbons (Fsp3) is 0.261. The fourth-order valence-corrected chi connectivity index (χ4v) is 4.18. The Morgan fingerprint density at radius 2 is 2.06 bits per heavy atom. The molecule has 4 rings (SSSR count). The van der Waals surface area contributed by atoms with Crippen LogP contribution in [0.4, 0.5) is 10.1 Å². The van der Waals surface area contributed by atoms with Crippen LogP contribution in [-0.2, 0) is 24.3 Å². The molecule has 1 amide bonds. The molecule has 3 aromatic rings. The Hall–Kier alpha value is -2.97. The minimum absolute atomic E-state index is 0.0668. The van der Waals surface area contributed by atoms with Crippen LogP contribution >= 0.6 is 11.8 Å². The molecule has 0 spiro atoms. The first-order valence-electron chi connectivity index (χ1n) is 10.0. The van der Waals surface area contributed by atoms with Gasteiger partial charge in [0.05, 0.1) is 17.0 Å². The third kappa shape index (κ3) is 5.39. The minimum atomic E-state index is -0.368. The monoisotopic (exact) mass is 438 g/mol. The van der Waals surface area contributed by atoms with Gasteiger partial charge in [0.15, 0.2) is 5.16 Å². The molecule has 6 nitrogen and oxygen atoms in total. The highest BCUT2D eigenvalue weighted by atomic mass is 32.2. The zero-order valence-electron chi connectivity index (χ0n) is 17.2. The molecule has 2 aromatic carbocycles. The number of carbonyl (C=O) groups is 1. The molecule has 1 aliphatic rings. The number of rotatable bonds is 6. The van der Waals surface area contributed by atoms with Crippen molar-refractivity contribution in [2.75, 3.05) is 17.6 Å². The number of fused-ring (bicyclic) bond motifs is 1. The van der Waals surface area contributed by atoms with Gasteiger partial charge in [0.1, 0.15) is 5.82 Å². The van der Waals surface area contributed by atoms with Crippen LogP contribution in [0.5, 0.6) is 0 Å². The summed E-state index contributed by atoms with van der Waals surface area (Å²) in [5, 5.41) is 3.08. The van der Waals surface area contributed by atoms with Gasteiger partial charge in [-0.15, -0.1) is 0 Å². The largest absolute Gasteiger partial charge is 0.325 e. The van der Waals surface area contributed by atoms with Gasteiger partial charge in [0.2, 0.25) is 5.91 Å². The number of aromatic nitrogens is 2. The van der Waals surface area contributed by atoms with E-state index in [2.05, 4.69) is 32.3 Å². The van der Waals surface area contributed by atoms with Crippen molar-refractivity contribution in [1.82, 2.24) is 14.9 Å². The normalized spacial score (nSPS) is 13.6. The average molecular weight is 439 g/mol. The number of anilines is 1. The molecule has 2 heterocycles. The first kappa shape index (κ1) is 21.3. The van der Waals surface area contributed by atoms with E-state index in [-0.39, 0.29) is 23.0 Å². The fourth-order valence-electron chi connectivity index (χ4n) is 3.50. The lowest BCUT2D eigenvalue weighted by atomic mass is 10.1. The van der Waals surface area contributed by atoms with Crippen molar-refractivity contribution in [2.45, 2.75) is 31.6 Å². The molecule has 0 saturated carbocycles. The third-order valence-corrected chi connectivity index (χ3v) is 6.04. The number of hydrogen-bond donors (Lipinski definition) is 2. The number of benzene rings is 2. The van der Waals surface area contributed by atoms with E-state index < -0.39 is 0 Å². The van der Waals surface area contributed by atoms with Crippen molar-refractivity contribution in [1.29, 1.82) is 0 Å². The average Bonchev–Trinajstić information content (AvgIpc) is 2.76. The number of carbonyl (C=O) groups excluding carboxylic acids is 1. The van der Waals surface area contributed by atoms with Crippen LogP contribution in [0.25, 0.3) is 0 Å². The van der Waals surface area contributed by atoms with Crippen LogP contribution in [0.3, 0.4) is 0 Å². The zero-order chi connectivity index (χ0) is 21.8. The second-order valence-corrected chi connectivity index (χ2v) is 8.51. The van der Waals surface area contributed by atoms with Crippen molar-refractivity contribution >= 4 is 23.4 Å².